The molecule has 0 spiro atoms. The molecule has 1 aromatic carbocycles. The molecular formula is C12H14ClNO6S. The van der Waals surface area contributed by atoms with Crippen LogP contribution in [-0.2, 0) is 24.3 Å². The highest BCUT2D eigenvalue weighted by atomic mass is 35.5. The van der Waals surface area contributed by atoms with Gasteiger partial charge in [0.1, 0.15) is 6.54 Å². The number of nitrogens with zero attached hydrogens (tertiary/aromatic N) is 1. The highest BCUT2D eigenvalue weighted by Crippen LogP contribution is 2.23. The number of aliphatic carboxylic acids is 1. The number of sulfonamides is 1. The van der Waals surface area contributed by atoms with Gasteiger partial charge in [-0.2, -0.15) is 0 Å². The Hall–Kier alpha value is -1.80. The Balaban J connectivity index is 3.27. The summed E-state index contributed by atoms with van der Waals surface area (Å²) < 4.78 is 29.8. The second kappa shape index (κ2) is 6.77. The molecule has 21 heavy (non-hydrogen) atoms. The van der Waals surface area contributed by atoms with Crippen molar-refractivity contribution in [3.05, 3.63) is 29.3 Å². The van der Waals surface area contributed by atoms with Crippen molar-refractivity contribution in [1.82, 2.24) is 0 Å². The van der Waals surface area contributed by atoms with E-state index in [0.717, 1.165) is 14.0 Å². The maximum Gasteiger partial charge on any atom is 0.325 e. The van der Waals surface area contributed by atoms with Gasteiger partial charge in [-0.3, -0.25) is 13.9 Å². The summed E-state index contributed by atoms with van der Waals surface area (Å²) in [6, 6.07) is 5.55. The summed E-state index contributed by atoms with van der Waals surface area (Å²) in [5, 5.41) is 7.73. The van der Waals surface area contributed by atoms with Gasteiger partial charge in [-0.05, 0) is 31.2 Å². The van der Waals surface area contributed by atoms with Crippen molar-refractivity contribution in [3.63, 3.8) is 0 Å². The minimum atomic E-state index is -4.24. The smallest absolute Gasteiger partial charge is 0.325 e. The third-order valence-electron chi connectivity index (χ3n) is 2.68. The van der Waals surface area contributed by atoms with Gasteiger partial charge in [0, 0.05) is 5.02 Å². The molecule has 1 aromatic rings. The lowest BCUT2D eigenvalue weighted by Gasteiger charge is -2.25. The summed E-state index contributed by atoms with van der Waals surface area (Å²) in [7, 11) is -3.18. The normalized spacial score (nSPS) is 12.5. The first-order valence-corrected chi connectivity index (χ1v) is 7.65. The standard InChI is InChI=1S/C12H14ClNO6S/c1-8(12(17)20-2)21(18,19)14(7-11(15)16)10-5-3-9(13)4-6-10/h3-6,8H,7H2,1-2H3,(H,15,16). The van der Waals surface area contributed by atoms with Crippen LogP contribution in [0.25, 0.3) is 0 Å². The fourth-order valence-corrected chi connectivity index (χ4v) is 3.09. The van der Waals surface area contributed by atoms with Crippen molar-refractivity contribution in [3.8, 4) is 0 Å². The van der Waals surface area contributed by atoms with Gasteiger partial charge >= 0.3 is 11.9 Å². The summed E-state index contributed by atoms with van der Waals surface area (Å²) >= 11 is 5.71. The summed E-state index contributed by atoms with van der Waals surface area (Å²) in [6.45, 7) is 0.317. The lowest BCUT2D eigenvalue weighted by atomic mass is 10.3. The molecule has 1 N–H and O–H groups in total. The topological polar surface area (TPSA) is 101 Å². The van der Waals surface area contributed by atoms with Gasteiger partial charge in [0.15, 0.2) is 5.25 Å². The maximum absolute atomic E-state index is 12.4. The highest BCUT2D eigenvalue weighted by Gasteiger charge is 2.36. The number of halogens is 1. The molecule has 0 saturated carbocycles. The second-order valence-corrected chi connectivity index (χ2v) is 6.70. The molecule has 0 radical (unpaired) electrons. The number of hydrogen-bond donors (Lipinski definition) is 1. The largest absolute Gasteiger partial charge is 0.480 e. The number of esters is 1. The molecule has 1 unspecified atom stereocenters. The van der Waals surface area contributed by atoms with E-state index in [1.54, 1.807) is 0 Å². The Labute approximate surface area is 127 Å². The van der Waals surface area contributed by atoms with E-state index in [4.69, 9.17) is 16.7 Å². The fraction of sp³-hybridized carbons (Fsp3) is 0.333. The van der Waals surface area contributed by atoms with Gasteiger partial charge in [0.25, 0.3) is 0 Å². The number of carbonyl (C=O) groups is 2. The van der Waals surface area contributed by atoms with Crippen LogP contribution < -0.4 is 4.31 Å². The lowest BCUT2D eigenvalue weighted by Crippen LogP contribution is -2.44. The molecule has 116 valence electrons. The lowest BCUT2D eigenvalue weighted by molar-refractivity contribution is -0.140. The SMILES string of the molecule is COC(=O)C(C)S(=O)(=O)N(CC(=O)O)c1ccc(Cl)cc1. The van der Waals surface area contributed by atoms with E-state index in [0.29, 0.717) is 9.33 Å². The van der Waals surface area contributed by atoms with Gasteiger partial charge < -0.3 is 9.84 Å². The molecule has 1 rings (SSSR count). The summed E-state index contributed by atoms with van der Waals surface area (Å²) in [6.07, 6.45) is 0. The molecule has 1 atom stereocenters. The zero-order chi connectivity index (χ0) is 16.2. The van der Waals surface area contributed by atoms with Crippen LogP contribution in [0.5, 0.6) is 0 Å². The number of ether oxygens (including phenoxy) is 1. The third-order valence-corrected chi connectivity index (χ3v) is 4.97. The molecule has 0 aliphatic heterocycles. The molecule has 7 nitrogen and oxygen atoms in total. The van der Waals surface area contributed by atoms with E-state index in [1.165, 1.54) is 24.3 Å². The van der Waals surface area contributed by atoms with Gasteiger partial charge in [-0.25, -0.2) is 8.42 Å². The van der Waals surface area contributed by atoms with E-state index in [-0.39, 0.29) is 5.69 Å². The molecule has 9 heteroatoms. The van der Waals surface area contributed by atoms with Crippen LogP contribution in [0.15, 0.2) is 24.3 Å². The van der Waals surface area contributed by atoms with Crippen molar-refractivity contribution in [1.29, 1.82) is 0 Å². The summed E-state index contributed by atoms with van der Waals surface area (Å²) in [5.74, 6) is -2.33. The quantitative estimate of drug-likeness (QED) is 0.782. The zero-order valence-corrected chi connectivity index (χ0v) is 12.9. The molecule has 0 aromatic heterocycles. The van der Waals surface area contributed by atoms with Gasteiger partial charge in [-0.1, -0.05) is 11.6 Å². The van der Waals surface area contributed by atoms with E-state index in [2.05, 4.69) is 4.74 Å². The van der Waals surface area contributed by atoms with Crippen LogP contribution in [0.2, 0.25) is 5.02 Å². The number of methoxy groups -OCH3 is 1. The third kappa shape index (κ3) is 4.08. The Morgan fingerprint density at radius 1 is 1.33 bits per heavy atom. The number of benzene rings is 1. The van der Waals surface area contributed by atoms with E-state index in [1.807, 2.05) is 0 Å². The number of hydrogen-bond acceptors (Lipinski definition) is 5. The Morgan fingerprint density at radius 3 is 2.29 bits per heavy atom. The van der Waals surface area contributed by atoms with Crippen molar-refractivity contribution >= 4 is 39.3 Å². The number of anilines is 1. The summed E-state index contributed by atoms with van der Waals surface area (Å²) in [4.78, 5) is 22.3. The average molecular weight is 336 g/mol. The van der Waals surface area contributed by atoms with E-state index < -0.39 is 33.8 Å². The van der Waals surface area contributed by atoms with E-state index >= 15 is 0 Å². The van der Waals surface area contributed by atoms with Gasteiger partial charge in [0.05, 0.1) is 12.8 Å². The predicted octanol–water partition coefficient (Wildman–Crippen LogP) is 1.12. The first-order chi connectivity index (χ1) is 9.70. The summed E-state index contributed by atoms with van der Waals surface area (Å²) in [5.41, 5.74) is 0.0950. The molecule has 0 saturated heterocycles. The van der Waals surface area contributed by atoms with Crippen LogP contribution in [0.4, 0.5) is 5.69 Å². The van der Waals surface area contributed by atoms with Crippen LogP contribution in [0.1, 0.15) is 6.92 Å². The fourth-order valence-electron chi connectivity index (χ4n) is 1.54. The first-order valence-electron chi connectivity index (χ1n) is 5.77. The van der Waals surface area contributed by atoms with Crippen molar-refractivity contribution in [2.75, 3.05) is 18.0 Å². The van der Waals surface area contributed by atoms with Crippen LogP contribution in [0, 0.1) is 0 Å². The number of rotatable bonds is 6. The Bertz CT molecular complexity index is 628. The zero-order valence-electron chi connectivity index (χ0n) is 11.3. The van der Waals surface area contributed by atoms with E-state index in [9.17, 15) is 18.0 Å². The van der Waals surface area contributed by atoms with Gasteiger partial charge in [-0.15, -0.1) is 0 Å². The van der Waals surface area contributed by atoms with Crippen molar-refractivity contribution < 1.29 is 27.9 Å². The van der Waals surface area contributed by atoms with Crippen molar-refractivity contribution in [2.24, 2.45) is 0 Å². The maximum atomic E-state index is 12.4. The molecule has 0 amide bonds. The van der Waals surface area contributed by atoms with Crippen molar-refractivity contribution in [2.45, 2.75) is 12.2 Å². The second-order valence-electron chi connectivity index (χ2n) is 4.09. The average Bonchev–Trinajstić information content (AvgIpc) is 2.43. The molecule has 0 fully saturated rings. The predicted molar refractivity (Wildman–Crippen MR) is 76.8 cm³/mol. The first kappa shape index (κ1) is 17.3. The minimum absolute atomic E-state index is 0.0950. The minimum Gasteiger partial charge on any atom is -0.480 e. The van der Waals surface area contributed by atoms with Crippen LogP contribution >= 0.6 is 11.6 Å². The number of carbonyl (C=O) groups excluding carboxylic acids is 1. The molecule has 0 bridgehead atoms. The van der Waals surface area contributed by atoms with Gasteiger partial charge in [0.2, 0.25) is 10.0 Å². The molecule has 0 aliphatic rings. The van der Waals surface area contributed by atoms with Crippen LogP contribution in [0.3, 0.4) is 0 Å². The number of carboxylic acids is 1. The molecule has 0 aliphatic carbocycles. The molecule has 0 heterocycles. The Morgan fingerprint density at radius 2 is 1.86 bits per heavy atom. The monoisotopic (exact) mass is 335 g/mol. The van der Waals surface area contributed by atoms with Crippen LogP contribution in [-0.4, -0.2) is 44.4 Å². The Kier molecular flexibility index (Phi) is 5.56. The molecular weight excluding hydrogens is 322 g/mol. The number of carboxylic acid groups (broad SMARTS) is 1. The highest BCUT2D eigenvalue weighted by molar-refractivity contribution is 7.94.